The highest BCUT2D eigenvalue weighted by atomic mass is 16.1. The number of aromatic nitrogens is 4. The molecule has 0 amide bonds. The number of H-pyrrole nitrogens is 1. The molecule has 74 valence electrons. The predicted octanol–water partition coefficient (Wildman–Crippen LogP) is 0.267. The van der Waals surface area contributed by atoms with Crippen LogP contribution >= 0.6 is 0 Å². The van der Waals surface area contributed by atoms with E-state index in [1.165, 1.54) is 0 Å². The second kappa shape index (κ2) is 3.17. The third-order valence-corrected chi connectivity index (χ3v) is 2.40. The molecule has 14 heavy (non-hydrogen) atoms. The predicted molar refractivity (Wildman–Crippen MR) is 52.1 cm³/mol. The highest BCUT2D eigenvalue weighted by molar-refractivity contribution is 5.16. The smallest absolute Gasteiger partial charge is 0.313 e. The SMILES string of the molecule is Cc1c(Cn2cc[nH]c2=O)cnn1C. The molecule has 0 saturated carbocycles. The van der Waals surface area contributed by atoms with Crippen molar-refractivity contribution in [2.24, 2.45) is 7.05 Å². The molecule has 0 aliphatic heterocycles. The number of aromatic amines is 1. The Morgan fingerprint density at radius 2 is 2.36 bits per heavy atom. The van der Waals surface area contributed by atoms with Crippen molar-refractivity contribution < 1.29 is 0 Å². The first-order valence-corrected chi connectivity index (χ1v) is 4.40. The van der Waals surface area contributed by atoms with Crippen LogP contribution in [0.1, 0.15) is 11.3 Å². The molecule has 0 bridgehead atoms. The Labute approximate surface area is 81.0 Å². The Balaban J connectivity index is 2.32. The third-order valence-electron chi connectivity index (χ3n) is 2.40. The zero-order valence-corrected chi connectivity index (χ0v) is 8.19. The van der Waals surface area contributed by atoms with Crippen LogP contribution in [0.4, 0.5) is 0 Å². The van der Waals surface area contributed by atoms with Crippen molar-refractivity contribution in [3.05, 3.63) is 40.3 Å². The van der Waals surface area contributed by atoms with E-state index >= 15 is 0 Å². The van der Waals surface area contributed by atoms with Crippen LogP contribution in [0.5, 0.6) is 0 Å². The Morgan fingerprint density at radius 1 is 1.57 bits per heavy atom. The molecule has 0 radical (unpaired) electrons. The molecule has 0 unspecified atom stereocenters. The molecule has 0 aliphatic rings. The van der Waals surface area contributed by atoms with E-state index < -0.39 is 0 Å². The van der Waals surface area contributed by atoms with E-state index in [2.05, 4.69) is 10.1 Å². The van der Waals surface area contributed by atoms with Crippen molar-refractivity contribution in [3.8, 4) is 0 Å². The molecule has 0 aliphatic carbocycles. The number of hydrogen-bond acceptors (Lipinski definition) is 2. The van der Waals surface area contributed by atoms with Gasteiger partial charge in [0.2, 0.25) is 0 Å². The van der Waals surface area contributed by atoms with Crippen molar-refractivity contribution in [1.29, 1.82) is 0 Å². The molecular formula is C9H12N4O. The van der Waals surface area contributed by atoms with Crippen LogP contribution in [-0.4, -0.2) is 19.3 Å². The molecule has 5 nitrogen and oxygen atoms in total. The van der Waals surface area contributed by atoms with Gasteiger partial charge in [-0.3, -0.25) is 9.25 Å². The first kappa shape index (κ1) is 8.80. The van der Waals surface area contributed by atoms with E-state index in [0.717, 1.165) is 11.3 Å². The van der Waals surface area contributed by atoms with Gasteiger partial charge in [-0.05, 0) is 6.92 Å². The lowest BCUT2D eigenvalue weighted by molar-refractivity contribution is 0.725. The summed E-state index contributed by atoms with van der Waals surface area (Å²) in [6.07, 6.45) is 5.15. The largest absolute Gasteiger partial charge is 0.325 e. The van der Waals surface area contributed by atoms with Gasteiger partial charge in [0.05, 0.1) is 12.7 Å². The lowest BCUT2D eigenvalue weighted by Crippen LogP contribution is -2.16. The Bertz CT molecular complexity index is 491. The number of aryl methyl sites for hydroxylation is 1. The second-order valence-corrected chi connectivity index (χ2v) is 3.27. The van der Waals surface area contributed by atoms with Gasteiger partial charge in [0.1, 0.15) is 0 Å². The molecule has 2 rings (SSSR count). The molecule has 2 aromatic rings. The summed E-state index contributed by atoms with van der Waals surface area (Å²) in [6, 6.07) is 0. The summed E-state index contributed by atoms with van der Waals surface area (Å²) in [7, 11) is 1.89. The monoisotopic (exact) mass is 192 g/mol. The average molecular weight is 192 g/mol. The molecule has 1 N–H and O–H groups in total. The minimum atomic E-state index is -0.0896. The van der Waals surface area contributed by atoms with Crippen molar-refractivity contribution in [2.45, 2.75) is 13.5 Å². The summed E-state index contributed by atoms with van der Waals surface area (Å²) >= 11 is 0. The first-order chi connectivity index (χ1) is 6.68. The van der Waals surface area contributed by atoms with Crippen LogP contribution in [0.25, 0.3) is 0 Å². The van der Waals surface area contributed by atoms with Gasteiger partial charge >= 0.3 is 5.69 Å². The van der Waals surface area contributed by atoms with Crippen molar-refractivity contribution in [1.82, 2.24) is 19.3 Å². The molecular weight excluding hydrogens is 180 g/mol. The lowest BCUT2D eigenvalue weighted by Gasteiger charge is -2.00. The third kappa shape index (κ3) is 1.37. The van der Waals surface area contributed by atoms with Gasteiger partial charge in [0.25, 0.3) is 0 Å². The Morgan fingerprint density at radius 3 is 2.86 bits per heavy atom. The Kier molecular flexibility index (Phi) is 1.99. The van der Waals surface area contributed by atoms with Crippen LogP contribution < -0.4 is 5.69 Å². The Hall–Kier alpha value is -1.78. The molecule has 5 heteroatoms. The van der Waals surface area contributed by atoms with Gasteiger partial charge in [-0.1, -0.05) is 0 Å². The lowest BCUT2D eigenvalue weighted by atomic mass is 10.2. The second-order valence-electron chi connectivity index (χ2n) is 3.27. The molecule has 0 atom stereocenters. The van der Waals surface area contributed by atoms with Crippen molar-refractivity contribution >= 4 is 0 Å². The number of hydrogen-bond donors (Lipinski definition) is 1. The summed E-state index contributed by atoms with van der Waals surface area (Å²) in [6.45, 7) is 2.56. The highest BCUT2D eigenvalue weighted by Crippen LogP contribution is 2.06. The van der Waals surface area contributed by atoms with Gasteiger partial charge in [-0.2, -0.15) is 5.10 Å². The van der Waals surface area contributed by atoms with E-state index in [0.29, 0.717) is 6.54 Å². The first-order valence-electron chi connectivity index (χ1n) is 4.40. The van der Waals surface area contributed by atoms with Gasteiger partial charge in [-0.25, -0.2) is 4.79 Å². The van der Waals surface area contributed by atoms with E-state index in [1.807, 2.05) is 14.0 Å². The summed E-state index contributed by atoms with van der Waals surface area (Å²) in [5, 5.41) is 4.12. The van der Waals surface area contributed by atoms with Crippen LogP contribution in [-0.2, 0) is 13.6 Å². The van der Waals surface area contributed by atoms with Crippen LogP contribution in [0.3, 0.4) is 0 Å². The minimum absolute atomic E-state index is 0.0896. The molecule has 2 heterocycles. The fraction of sp³-hybridized carbons (Fsp3) is 0.333. The summed E-state index contributed by atoms with van der Waals surface area (Å²) in [4.78, 5) is 13.8. The topological polar surface area (TPSA) is 55.6 Å². The van der Waals surface area contributed by atoms with Crippen LogP contribution in [0.15, 0.2) is 23.4 Å². The van der Waals surface area contributed by atoms with Gasteiger partial charge in [0.15, 0.2) is 0 Å². The van der Waals surface area contributed by atoms with E-state index in [9.17, 15) is 4.79 Å². The quantitative estimate of drug-likeness (QED) is 0.742. The fourth-order valence-corrected chi connectivity index (χ4v) is 1.36. The van der Waals surface area contributed by atoms with E-state index in [1.54, 1.807) is 27.8 Å². The van der Waals surface area contributed by atoms with Gasteiger partial charge < -0.3 is 4.98 Å². The summed E-state index contributed by atoms with van der Waals surface area (Å²) < 4.78 is 3.41. The summed E-state index contributed by atoms with van der Waals surface area (Å²) in [5.41, 5.74) is 2.06. The summed E-state index contributed by atoms with van der Waals surface area (Å²) in [5.74, 6) is 0. The average Bonchev–Trinajstić information content (AvgIpc) is 2.68. The highest BCUT2D eigenvalue weighted by Gasteiger charge is 2.05. The fourth-order valence-electron chi connectivity index (χ4n) is 1.36. The van der Waals surface area contributed by atoms with Gasteiger partial charge in [-0.15, -0.1) is 0 Å². The zero-order chi connectivity index (χ0) is 10.1. The van der Waals surface area contributed by atoms with Crippen molar-refractivity contribution in [2.75, 3.05) is 0 Å². The molecule has 0 saturated heterocycles. The minimum Gasteiger partial charge on any atom is -0.313 e. The zero-order valence-electron chi connectivity index (χ0n) is 8.19. The van der Waals surface area contributed by atoms with Gasteiger partial charge in [0, 0.05) is 30.7 Å². The number of nitrogens with zero attached hydrogens (tertiary/aromatic N) is 3. The number of rotatable bonds is 2. The van der Waals surface area contributed by atoms with E-state index in [-0.39, 0.29) is 5.69 Å². The number of nitrogens with one attached hydrogen (secondary N) is 1. The molecule has 0 fully saturated rings. The number of imidazole rings is 1. The maximum absolute atomic E-state index is 11.2. The molecule has 2 aromatic heterocycles. The van der Waals surface area contributed by atoms with Crippen molar-refractivity contribution in [3.63, 3.8) is 0 Å². The molecule has 0 aromatic carbocycles. The maximum atomic E-state index is 11.2. The van der Waals surface area contributed by atoms with Crippen LogP contribution in [0, 0.1) is 6.92 Å². The maximum Gasteiger partial charge on any atom is 0.325 e. The van der Waals surface area contributed by atoms with E-state index in [4.69, 9.17) is 0 Å². The normalized spacial score (nSPS) is 10.7. The standard InChI is InChI=1S/C9H12N4O/c1-7-8(5-11-12(7)2)6-13-4-3-10-9(13)14/h3-5H,6H2,1-2H3,(H,10,14). The molecule has 0 spiro atoms. The van der Waals surface area contributed by atoms with Crippen LogP contribution in [0.2, 0.25) is 0 Å².